The van der Waals surface area contributed by atoms with Crippen LogP contribution >= 0.6 is 11.6 Å². The van der Waals surface area contributed by atoms with E-state index >= 15 is 0 Å². The number of hydrazone groups is 1. The van der Waals surface area contributed by atoms with Crippen LogP contribution in [-0.2, 0) is 9.59 Å². The Bertz CT molecular complexity index is 527. The topological polar surface area (TPSA) is 70.6 Å². The molecule has 0 aliphatic heterocycles. The number of amides is 2. The summed E-state index contributed by atoms with van der Waals surface area (Å²) in [6.07, 6.45) is 0.103. The summed E-state index contributed by atoms with van der Waals surface area (Å²) in [7, 11) is 0. The fourth-order valence-corrected chi connectivity index (χ4v) is 1.50. The molecular weight excluding hydrogens is 266 g/mol. The van der Waals surface area contributed by atoms with Crippen molar-refractivity contribution in [1.82, 2.24) is 5.43 Å². The Morgan fingerprint density at radius 1 is 1.32 bits per heavy atom. The number of hydrogen-bond donors (Lipinski definition) is 2. The quantitative estimate of drug-likeness (QED) is 0.657. The number of hydrogen-bond acceptors (Lipinski definition) is 3. The van der Waals surface area contributed by atoms with Gasteiger partial charge in [-0.1, -0.05) is 17.7 Å². The van der Waals surface area contributed by atoms with Crippen molar-refractivity contribution in [3.63, 3.8) is 0 Å². The van der Waals surface area contributed by atoms with E-state index in [2.05, 4.69) is 15.8 Å². The van der Waals surface area contributed by atoms with Crippen LogP contribution in [0.4, 0.5) is 5.69 Å². The Balaban J connectivity index is 2.57. The molecule has 1 aromatic rings. The molecule has 1 rings (SSSR count). The molecule has 19 heavy (non-hydrogen) atoms. The third-order valence-electron chi connectivity index (χ3n) is 2.28. The van der Waals surface area contributed by atoms with Gasteiger partial charge in [-0.05, 0) is 31.5 Å². The molecule has 0 unspecified atom stereocenters. The summed E-state index contributed by atoms with van der Waals surface area (Å²) >= 11 is 5.97. The SMILES string of the molecule is CC(=O)N/N=C(\C)CC(=O)Nc1ccc(C)c(Cl)c1. The van der Waals surface area contributed by atoms with Gasteiger partial charge in [0.1, 0.15) is 0 Å². The number of nitrogens with one attached hydrogen (secondary N) is 2. The van der Waals surface area contributed by atoms with E-state index in [4.69, 9.17) is 11.6 Å². The predicted molar refractivity (Wildman–Crippen MR) is 76.4 cm³/mol. The van der Waals surface area contributed by atoms with Crippen molar-refractivity contribution >= 4 is 34.8 Å². The third-order valence-corrected chi connectivity index (χ3v) is 2.68. The van der Waals surface area contributed by atoms with Gasteiger partial charge in [-0.3, -0.25) is 9.59 Å². The van der Waals surface area contributed by atoms with Crippen molar-refractivity contribution in [2.24, 2.45) is 5.10 Å². The van der Waals surface area contributed by atoms with Gasteiger partial charge in [0.05, 0.1) is 6.42 Å². The highest BCUT2D eigenvalue weighted by Crippen LogP contribution is 2.19. The molecule has 6 heteroatoms. The average Bonchev–Trinajstić information content (AvgIpc) is 2.31. The van der Waals surface area contributed by atoms with Crippen LogP contribution in [0.3, 0.4) is 0 Å². The molecule has 0 atom stereocenters. The third kappa shape index (κ3) is 5.52. The van der Waals surface area contributed by atoms with Crippen LogP contribution < -0.4 is 10.7 Å². The van der Waals surface area contributed by atoms with Gasteiger partial charge in [-0.2, -0.15) is 5.10 Å². The Morgan fingerprint density at radius 3 is 2.58 bits per heavy atom. The molecule has 0 saturated carbocycles. The van der Waals surface area contributed by atoms with Crippen LogP contribution in [0, 0.1) is 6.92 Å². The summed E-state index contributed by atoms with van der Waals surface area (Å²) in [5.74, 6) is -0.489. The number of nitrogens with zero attached hydrogens (tertiary/aromatic N) is 1. The average molecular weight is 282 g/mol. The molecule has 2 amide bonds. The molecule has 0 radical (unpaired) electrons. The van der Waals surface area contributed by atoms with Gasteiger partial charge in [0.15, 0.2) is 0 Å². The summed E-state index contributed by atoms with van der Waals surface area (Å²) in [5, 5.41) is 7.08. The number of anilines is 1. The van der Waals surface area contributed by atoms with E-state index in [0.717, 1.165) is 5.56 Å². The van der Waals surface area contributed by atoms with Crippen LogP contribution in [-0.4, -0.2) is 17.5 Å². The van der Waals surface area contributed by atoms with Crippen LogP contribution in [0.5, 0.6) is 0 Å². The lowest BCUT2D eigenvalue weighted by Gasteiger charge is -2.06. The number of rotatable bonds is 4. The predicted octanol–water partition coefficient (Wildman–Crippen LogP) is 2.49. The van der Waals surface area contributed by atoms with Gasteiger partial charge in [-0.25, -0.2) is 5.43 Å². The summed E-state index contributed by atoms with van der Waals surface area (Å²) in [6.45, 7) is 4.90. The number of aryl methyl sites for hydroxylation is 1. The minimum atomic E-state index is -0.273. The lowest BCUT2D eigenvalue weighted by atomic mass is 10.2. The van der Waals surface area contributed by atoms with Crippen LogP contribution in [0.2, 0.25) is 5.02 Å². The Hall–Kier alpha value is -1.88. The highest BCUT2D eigenvalue weighted by molar-refractivity contribution is 6.31. The van der Waals surface area contributed by atoms with E-state index in [9.17, 15) is 9.59 Å². The van der Waals surface area contributed by atoms with Crippen molar-refractivity contribution in [3.05, 3.63) is 28.8 Å². The fourth-order valence-electron chi connectivity index (χ4n) is 1.32. The standard InChI is InChI=1S/C13H16ClN3O2/c1-8-4-5-11(7-12(8)14)15-13(19)6-9(2)16-17-10(3)18/h4-5,7H,6H2,1-3H3,(H,15,19)(H,17,18)/b16-9+. The Morgan fingerprint density at radius 2 is 2.00 bits per heavy atom. The maximum Gasteiger partial charge on any atom is 0.236 e. The highest BCUT2D eigenvalue weighted by Gasteiger charge is 2.06. The largest absolute Gasteiger partial charge is 0.326 e. The summed E-state index contributed by atoms with van der Waals surface area (Å²) in [6, 6.07) is 5.30. The van der Waals surface area contributed by atoms with Crippen molar-refractivity contribution in [1.29, 1.82) is 0 Å². The van der Waals surface area contributed by atoms with Gasteiger partial charge in [-0.15, -0.1) is 0 Å². The summed E-state index contributed by atoms with van der Waals surface area (Å²) < 4.78 is 0. The highest BCUT2D eigenvalue weighted by atomic mass is 35.5. The Labute approximate surface area is 117 Å². The first-order valence-electron chi connectivity index (χ1n) is 5.74. The number of carbonyl (C=O) groups excluding carboxylic acids is 2. The second-order valence-corrected chi connectivity index (χ2v) is 4.61. The first kappa shape index (κ1) is 15.2. The molecule has 0 bridgehead atoms. The number of halogens is 1. The molecule has 0 fully saturated rings. The fraction of sp³-hybridized carbons (Fsp3) is 0.308. The maximum atomic E-state index is 11.7. The second-order valence-electron chi connectivity index (χ2n) is 4.20. The van der Waals surface area contributed by atoms with E-state index < -0.39 is 0 Å². The zero-order valence-electron chi connectivity index (χ0n) is 11.1. The number of benzene rings is 1. The zero-order chi connectivity index (χ0) is 14.4. The first-order chi connectivity index (χ1) is 8.88. The van der Waals surface area contributed by atoms with Crippen molar-refractivity contribution < 1.29 is 9.59 Å². The van der Waals surface area contributed by atoms with Gasteiger partial charge < -0.3 is 5.32 Å². The molecule has 0 aliphatic carbocycles. The molecule has 5 nitrogen and oxygen atoms in total. The number of carbonyl (C=O) groups is 2. The van der Waals surface area contributed by atoms with Crippen LogP contribution in [0.25, 0.3) is 0 Å². The molecular formula is C13H16ClN3O2. The normalized spacial score (nSPS) is 11.1. The zero-order valence-corrected chi connectivity index (χ0v) is 11.8. The monoisotopic (exact) mass is 281 g/mol. The van der Waals surface area contributed by atoms with E-state index in [1.807, 2.05) is 13.0 Å². The van der Waals surface area contributed by atoms with Crippen LogP contribution in [0.15, 0.2) is 23.3 Å². The summed E-state index contributed by atoms with van der Waals surface area (Å²) in [4.78, 5) is 22.4. The summed E-state index contributed by atoms with van der Waals surface area (Å²) in [5.41, 5.74) is 4.38. The smallest absolute Gasteiger partial charge is 0.236 e. The van der Waals surface area contributed by atoms with Gasteiger partial charge in [0, 0.05) is 23.3 Å². The van der Waals surface area contributed by atoms with Gasteiger partial charge in [0.2, 0.25) is 11.8 Å². The molecule has 0 aliphatic rings. The van der Waals surface area contributed by atoms with Gasteiger partial charge in [0.25, 0.3) is 0 Å². The van der Waals surface area contributed by atoms with Gasteiger partial charge >= 0.3 is 0 Å². The molecule has 1 aromatic carbocycles. The lowest BCUT2D eigenvalue weighted by Crippen LogP contribution is -2.19. The van der Waals surface area contributed by atoms with Crippen molar-refractivity contribution in [2.75, 3.05) is 5.32 Å². The minimum absolute atomic E-state index is 0.103. The Kier molecular flexibility index (Phi) is 5.51. The second kappa shape index (κ2) is 6.89. The molecule has 0 saturated heterocycles. The lowest BCUT2D eigenvalue weighted by molar-refractivity contribution is -0.119. The molecule has 2 N–H and O–H groups in total. The maximum absolute atomic E-state index is 11.7. The van der Waals surface area contributed by atoms with Crippen molar-refractivity contribution in [3.8, 4) is 0 Å². The molecule has 0 spiro atoms. The minimum Gasteiger partial charge on any atom is -0.326 e. The van der Waals surface area contributed by atoms with E-state index in [1.54, 1.807) is 19.1 Å². The molecule has 102 valence electrons. The first-order valence-corrected chi connectivity index (χ1v) is 6.12. The van der Waals surface area contributed by atoms with Crippen LogP contribution in [0.1, 0.15) is 25.8 Å². The molecule has 0 heterocycles. The van der Waals surface area contributed by atoms with E-state index in [-0.39, 0.29) is 18.2 Å². The van der Waals surface area contributed by atoms with E-state index in [0.29, 0.717) is 16.4 Å². The van der Waals surface area contributed by atoms with E-state index in [1.165, 1.54) is 6.92 Å². The molecule has 0 aromatic heterocycles. The van der Waals surface area contributed by atoms with Crippen molar-refractivity contribution in [2.45, 2.75) is 27.2 Å².